The number of aliphatic hydroxyl groups is 1. The lowest BCUT2D eigenvalue weighted by atomic mass is 10.0. The van der Waals surface area contributed by atoms with Gasteiger partial charge >= 0.3 is 6.18 Å². The molecule has 0 aliphatic heterocycles. The second-order valence-electron chi connectivity index (χ2n) is 5.83. The molecule has 21 heavy (non-hydrogen) atoms. The predicted octanol–water partition coefficient (Wildman–Crippen LogP) is 3.91. The SMILES string of the molecule is CCC(CC1CC1)NCC(O)c1cccc(C(F)(F)F)c1. The second-order valence-corrected chi connectivity index (χ2v) is 5.83. The van der Waals surface area contributed by atoms with Gasteiger partial charge < -0.3 is 10.4 Å². The monoisotopic (exact) mass is 301 g/mol. The summed E-state index contributed by atoms with van der Waals surface area (Å²) in [5, 5.41) is 13.3. The average Bonchev–Trinajstić information content (AvgIpc) is 3.26. The Morgan fingerprint density at radius 2 is 2.05 bits per heavy atom. The molecule has 0 spiro atoms. The van der Waals surface area contributed by atoms with Gasteiger partial charge in [-0.2, -0.15) is 13.2 Å². The molecule has 0 heterocycles. The first-order valence-corrected chi connectivity index (χ1v) is 7.48. The van der Waals surface area contributed by atoms with Crippen molar-refractivity contribution >= 4 is 0 Å². The summed E-state index contributed by atoms with van der Waals surface area (Å²) in [6.45, 7) is 2.36. The molecular weight excluding hydrogens is 279 g/mol. The normalized spacial score (nSPS) is 18.5. The number of alkyl halides is 3. The third-order valence-electron chi connectivity index (χ3n) is 4.01. The summed E-state index contributed by atoms with van der Waals surface area (Å²) in [6, 6.07) is 5.24. The molecule has 1 aliphatic carbocycles. The van der Waals surface area contributed by atoms with Crippen molar-refractivity contribution in [2.45, 2.75) is 50.9 Å². The molecule has 2 N–H and O–H groups in total. The van der Waals surface area contributed by atoms with Gasteiger partial charge in [-0.1, -0.05) is 31.9 Å². The Balaban J connectivity index is 1.91. The van der Waals surface area contributed by atoms with Gasteiger partial charge in [0.15, 0.2) is 0 Å². The van der Waals surface area contributed by atoms with E-state index in [0.717, 1.165) is 30.9 Å². The third kappa shape index (κ3) is 5.00. The summed E-state index contributed by atoms with van der Waals surface area (Å²) in [4.78, 5) is 0. The van der Waals surface area contributed by atoms with Crippen LogP contribution < -0.4 is 5.32 Å². The Hall–Kier alpha value is -1.07. The number of rotatable bonds is 7. The molecule has 1 aromatic carbocycles. The number of nitrogens with one attached hydrogen (secondary N) is 1. The van der Waals surface area contributed by atoms with Crippen molar-refractivity contribution in [2.75, 3.05) is 6.54 Å². The van der Waals surface area contributed by atoms with E-state index in [4.69, 9.17) is 0 Å². The van der Waals surface area contributed by atoms with Crippen LogP contribution in [-0.2, 0) is 6.18 Å². The van der Waals surface area contributed by atoms with Crippen molar-refractivity contribution in [2.24, 2.45) is 5.92 Å². The van der Waals surface area contributed by atoms with Crippen LogP contribution in [0.4, 0.5) is 13.2 Å². The van der Waals surface area contributed by atoms with Gasteiger partial charge in [-0.25, -0.2) is 0 Å². The van der Waals surface area contributed by atoms with Crippen LogP contribution in [0.3, 0.4) is 0 Å². The highest BCUT2D eigenvalue weighted by atomic mass is 19.4. The lowest BCUT2D eigenvalue weighted by molar-refractivity contribution is -0.137. The number of benzene rings is 1. The molecule has 5 heteroatoms. The largest absolute Gasteiger partial charge is 0.416 e. The van der Waals surface area contributed by atoms with Crippen LogP contribution in [0.25, 0.3) is 0 Å². The van der Waals surface area contributed by atoms with Crippen molar-refractivity contribution in [3.05, 3.63) is 35.4 Å². The molecule has 1 aromatic rings. The molecule has 0 radical (unpaired) electrons. The van der Waals surface area contributed by atoms with E-state index in [2.05, 4.69) is 12.2 Å². The Bertz CT molecular complexity index is 457. The zero-order valence-electron chi connectivity index (χ0n) is 12.2. The summed E-state index contributed by atoms with van der Waals surface area (Å²) in [5.74, 6) is 0.785. The van der Waals surface area contributed by atoms with Crippen LogP contribution in [0, 0.1) is 5.92 Å². The van der Waals surface area contributed by atoms with Gasteiger partial charge in [0.05, 0.1) is 11.7 Å². The molecule has 2 unspecified atom stereocenters. The molecule has 0 bridgehead atoms. The molecule has 0 saturated heterocycles. The highest BCUT2D eigenvalue weighted by molar-refractivity contribution is 5.27. The highest BCUT2D eigenvalue weighted by Crippen LogP contribution is 2.34. The van der Waals surface area contributed by atoms with E-state index in [1.165, 1.54) is 25.0 Å². The van der Waals surface area contributed by atoms with E-state index < -0.39 is 17.8 Å². The first-order valence-electron chi connectivity index (χ1n) is 7.48. The topological polar surface area (TPSA) is 32.3 Å². The first kappa shape index (κ1) is 16.3. The highest BCUT2D eigenvalue weighted by Gasteiger charge is 2.31. The van der Waals surface area contributed by atoms with E-state index in [0.29, 0.717) is 11.6 Å². The fourth-order valence-electron chi connectivity index (χ4n) is 2.47. The molecule has 2 atom stereocenters. The van der Waals surface area contributed by atoms with Crippen LogP contribution in [0.2, 0.25) is 0 Å². The van der Waals surface area contributed by atoms with Gasteiger partial charge in [-0.3, -0.25) is 0 Å². The van der Waals surface area contributed by atoms with Gasteiger partial charge in [0, 0.05) is 12.6 Å². The lowest BCUT2D eigenvalue weighted by Gasteiger charge is -2.20. The number of aliphatic hydroxyl groups excluding tert-OH is 1. The van der Waals surface area contributed by atoms with Crippen molar-refractivity contribution in [3.63, 3.8) is 0 Å². The molecule has 0 amide bonds. The summed E-state index contributed by atoms with van der Waals surface area (Å²) in [5.41, 5.74) is -0.414. The van der Waals surface area contributed by atoms with Crippen LogP contribution in [0.15, 0.2) is 24.3 Å². The molecule has 1 fully saturated rings. The molecule has 1 aliphatic rings. The van der Waals surface area contributed by atoms with E-state index in [9.17, 15) is 18.3 Å². The van der Waals surface area contributed by atoms with E-state index >= 15 is 0 Å². The minimum atomic E-state index is -4.37. The lowest BCUT2D eigenvalue weighted by Crippen LogP contribution is -2.32. The van der Waals surface area contributed by atoms with E-state index in [1.807, 2.05) is 0 Å². The zero-order chi connectivity index (χ0) is 15.5. The minimum absolute atomic E-state index is 0.284. The van der Waals surface area contributed by atoms with Gasteiger partial charge in [0.1, 0.15) is 0 Å². The smallest absolute Gasteiger partial charge is 0.387 e. The van der Waals surface area contributed by atoms with Crippen LogP contribution in [0.5, 0.6) is 0 Å². The standard InChI is InChI=1S/C16H22F3NO/c1-2-14(8-11-6-7-11)20-10-15(21)12-4-3-5-13(9-12)16(17,18)19/h3-5,9,11,14-15,20-21H,2,6-8,10H2,1H3. The Morgan fingerprint density at radius 3 is 2.62 bits per heavy atom. The average molecular weight is 301 g/mol. The molecular formula is C16H22F3NO. The Kier molecular flexibility index (Phi) is 5.27. The maximum atomic E-state index is 12.7. The van der Waals surface area contributed by atoms with Crippen LogP contribution >= 0.6 is 0 Å². The van der Waals surface area contributed by atoms with Crippen molar-refractivity contribution < 1.29 is 18.3 Å². The van der Waals surface area contributed by atoms with Gasteiger partial charge in [0.25, 0.3) is 0 Å². The summed E-state index contributed by atoms with van der Waals surface area (Å²) in [6.07, 6.45) is -0.693. The van der Waals surface area contributed by atoms with Gasteiger partial charge in [0.2, 0.25) is 0 Å². The first-order chi connectivity index (χ1) is 9.90. The summed E-state index contributed by atoms with van der Waals surface area (Å²) in [7, 11) is 0. The molecule has 118 valence electrons. The Morgan fingerprint density at radius 1 is 1.33 bits per heavy atom. The maximum absolute atomic E-state index is 12.7. The van der Waals surface area contributed by atoms with Crippen molar-refractivity contribution in [1.29, 1.82) is 0 Å². The fraction of sp³-hybridized carbons (Fsp3) is 0.625. The molecule has 1 saturated carbocycles. The fourth-order valence-corrected chi connectivity index (χ4v) is 2.47. The molecule has 0 aromatic heterocycles. The third-order valence-corrected chi connectivity index (χ3v) is 4.01. The molecule has 2 nitrogen and oxygen atoms in total. The summed E-state index contributed by atoms with van der Waals surface area (Å²) >= 11 is 0. The zero-order valence-corrected chi connectivity index (χ0v) is 12.2. The van der Waals surface area contributed by atoms with Crippen LogP contribution in [-0.4, -0.2) is 17.7 Å². The number of halogens is 3. The van der Waals surface area contributed by atoms with E-state index in [-0.39, 0.29) is 6.54 Å². The summed E-state index contributed by atoms with van der Waals surface area (Å²) < 4.78 is 38.0. The maximum Gasteiger partial charge on any atom is 0.416 e. The van der Waals surface area contributed by atoms with Crippen LogP contribution in [0.1, 0.15) is 49.8 Å². The second kappa shape index (κ2) is 6.79. The quantitative estimate of drug-likeness (QED) is 0.800. The number of hydrogen-bond donors (Lipinski definition) is 2. The van der Waals surface area contributed by atoms with E-state index in [1.54, 1.807) is 0 Å². The Labute approximate surface area is 123 Å². The van der Waals surface area contributed by atoms with Crippen molar-refractivity contribution in [1.82, 2.24) is 5.32 Å². The van der Waals surface area contributed by atoms with Gasteiger partial charge in [-0.15, -0.1) is 0 Å². The molecule has 2 rings (SSSR count). The number of hydrogen-bond acceptors (Lipinski definition) is 2. The van der Waals surface area contributed by atoms with Crippen molar-refractivity contribution in [3.8, 4) is 0 Å². The predicted molar refractivity (Wildman–Crippen MR) is 75.8 cm³/mol. The van der Waals surface area contributed by atoms with Gasteiger partial charge in [-0.05, 0) is 36.5 Å². The minimum Gasteiger partial charge on any atom is -0.387 e.